The van der Waals surface area contributed by atoms with Gasteiger partial charge in [-0.05, 0) is 45.1 Å². The number of rotatable bonds is 8. The number of carbonyl (C=O) groups is 2. The van der Waals surface area contributed by atoms with E-state index in [2.05, 4.69) is 10.2 Å². The number of piperidine rings is 2. The predicted octanol–water partition coefficient (Wildman–Crippen LogP) is 3.15. The number of amides is 2. The summed E-state index contributed by atoms with van der Waals surface area (Å²) in [5, 5.41) is 3.39. The van der Waals surface area contributed by atoms with E-state index in [1.165, 1.54) is 13.2 Å². The van der Waals surface area contributed by atoms with Gasteiger partial charge in [0.2, 0.25) is 0 Å². The maximum Gasteiger partial charge on any atom is 0.409 e. The lowest BCUT2D eigenvalue weighted by Gasteiger charge is -2.40. The lowest BCUT2D eigenvalue weighted by atomic mass is 9.97. The molecule has 2 aliphatic heterocycles. The highest BCUT2D eigenvalue weighted by Gasteiger charge is 2.33. The summed E-state index contributed by atoms with van der Waals surface area (Å²) in [7, 11) is 3.16. The Balaban J connectivity index is 1.56. The molecule has 34 heavy (non-hydrogen) atoms. The Kier molecular flexibility index (Phi) is 9.67. The summed E-state index contributed by atoms with van der Waals surface area (Å²) in [6.45, 7) is 5.39. The molecular weight excluding hydrogens is 460 g/mol. The molecule has 2 amide bonds. The molecule has 2 heterocycles. The van der Waals surface area contributed by atoms with Crippen LogP contribution < -0.4 is 15.8 Å². The van der Waals surface area contributed by atoms with Crippen molar-refractivity contribution < 1.29 is 23.8 Å². The maximum absolute atomic E-state index is 13.0. The Hall–Kier alpha value is -2.23. The van der Waals surface area contributed by atoms with E-state index < -0.39 is 0 Å². The van der Waals surface area contributed by atoms with Crippen molar-refractivity contribution in [1.82, 2.24) is 15.1 Å². The number of nitrogens with one attached hydrogen (secondary N) is 1. The summed E-state index contributed by atoms with van der Waals surface area (Å²) in [6, 6.07) is 3.15. The van der Waals surface area contributed by atoms with Crippen molar-refractivity contribution >= 4 is 29.3 Å². The van der Waals surface area contributed by atoms with Crippen molar-refractivity contribution in [2.24, 2.45) is 0 Å². The Labute approximate surface area is 206 Å². The van der Waals surface area contributed by atoms with Crippen LogP contribution in [-0.4, -0.2) is 87.0 Å². The first kappa shape index (κ1) is 26.4. The first-order valence-electron chi connectivity index (χ1n) is 12.0. The summed E-state index contributed by atoms with van der Waals surface area (Å²) >= 11 is 6.13. The third kappa shape index (κ3) is 6.46. The van der Waals surface area contributed by atoms with Gasteiger partial charge in [0.1, 0.15) is 5.75 Å². The van der Waals surface area contributed by atoms with E-state index in [1.807, 2.05) is 11.8 Å². The van der Waals surface area contributed by atoms with Crippen LogP contribution in [0.15, 0.2) is 12.1 Å². The maximum atomic E-state index is 13.0. The second-order valence-corrected chi connectivity index (χ2v) is 9.26. The second-order valence-electron chi connectivity index (χ2n) is 8.85. The van der Waals surface area contributed by atoms with E-state index in [0.29, 0.717) is 35.2 Å². The quantitative estimate of drug-likeness (QED) is 0.532. The Morgan fingerprint density at radius 3 is 2.71 bits per heavy atom. The van der Waals surface area contributed by atoms with Crippen LogP contribution in [0.5, 0.6) is 5.75 Å². The molecule has 3 rings (SSSR count). The normalized spacial score (nSPS) is 23.4. The van der Waals surface area contributed by atoms with Crippen LogP contribution in [0.3, 0.4) is 0 Å². The van der Waals surface area contributed by atoms with E-state index in [9.17, 15) is 9.59 Å². The van der Waals surface area contributed by atoms with Crippen molar-refractivity contribution in [2.45, 2.75) is 57.2 Å². The minimum Gasteiger partial charge on any atom is -0.496 e. The number of halogens is 1. The highest BCUT2D eigenvalue weighted by atomic mass is 35.5. The number of nitrogens with zero attached hydrogens (tertiary/aromatic N) is 2. The summed E-state index contributed by atoms with van der Waals surface area (Å²) < 4.78 is 16.3. The molecule has 0 aromatic heterocycles. The van der Waals surface area contributed by atoms with Crippen molar-refractivity contribution in [1.29, 1.82) is 0 Å². The zero-order chi connectivity index (χ0) is 24.7. The molecule has 2 aliphatic rings. The Morgan fingerprint density at radius 1 is 1.21 bits per heavy atom. The molecule has 2 fully saturated rings. The average molecular weight is 497 g/mol. The average Bonchev–Trinajstić information content (AvgIpc) is 2.84. The molecule has 1 aromatic carbocycles. The first-order chi connectivity index (χ1) is 16.4. The lowest BCUT2D eigenvalue weighted by molar-refractivity contribution is 0.00273. The van der Waals surface area contributed by atoms with E-state index in [4.69, 9.17) is 31.5 Å². The van der Waals surface area contributed by atoms with E-state index >= 15 is 0 Å². The summed E-state index contributed by atoms with van der Waals surface area (Å²) in [5.74, 6) is 0.107. The minimum absolute atomic E-state index is 0.138. The number of likely N-dealkylation sites (tertiary alicyclic amines) is 2. The molecule has 10 heteroatoms. The number of carbonyl (C=O) groups excluding carboxylic acids is 2. The fraction of sp³-hybridized carbons (Fsp3) is 0.667. The zero-order valence-electron chi connectivity index (χ0n) is 20.3. The SMILES string of the molecule is CCOC(=O)N1CCCCC1CCN1CC[C@H](NC(=O)c2cc(Cl)c(N)cc2OC)[C@H](OC)C1. The van der Waals surface area contributed by atoms with Gasteiger partial charge in [0.15, 0.2) is 0 Å². The fourth-order valence-corrected chi connectivity index (χ4v) is 4.99. The molecular formula is C24H37ClN4O5. The first-order valence-corrected chi connectivity index (χ1v) is 12.4. The van der Waals surface area contributed by atoms with Crippen LogP contribution in [0.25, 0.3) is 0 Å². The molecule has 0 aliphatic carbocycles. The monoisotopic (exact) mass is 496 g/mol. The topological polar surface area (TPSA) is 106 Å². The van der Waals surface area contributed by atoms with Gasteiger partial charge in [-0.2, -0.15) is 0 Å². The van der Waals surface area contributed by atoms with Crippen LogP contribution in [0.1, 0.15) is 49.4 Å². The summed E-state index contributed by atoms with van der Waals surface area (Å²) in [5.41, 5.74) is 6.53. The number of nitrogens with two attached hydrogens (primary N) is 1. The summed E-state index contributed by atoms with van der Waals surface area (Å²) in [4.78, 5) is 29.5. The van der Waals surface area contributed by atoms with Gasteiger partial charge in [-0.3, -0.25) is 4.79 Å². The highest BCUT2D eigenvalue weighted by molar-refractivity contribution is 6.33. The van der Waals surface area contributed by atoms with Gasteiger partial charge in [-0.1, -0.05) is 11.6 Å². The molecule has 0 bridgehead atoms. The predicted molar refractivity (Wildman–Crippen MR) is 132 cm³/mol. The van der Waals surface area contributed by atoms with Gasteiger partial charge >= 0.3 is 6.09 Å². The van der Waals surface area contributed by atoms with E-state index in [1.54, 1.807) is 13.2 Å². The molecule has 9 nitrogen and oxygen atoms in total. The van der Waals surface area contributed by atoms with Crippen LogP contribution in [0.2, 0.25) is 5.02 Å². The molecule has 1 aromatic rings. The second kappa shape index (κ2) is 12.5. The van der Waals surface area contributed by atoms with Gasteiger partial charge in [0.05, 0.1) is 42.1 Å². The smallest absolute Gasteiger partial charge is 0.409 e. The highest BCUT2D eigenvalue weighted by Crippen LogP contribution is 2.29. The van der Waals surface area contributed by atoms with E-state index in [-0.39, 0.29) is 30.2 Å². The number of benzene rings is 1. The third-order valence-corrected chi connectivity index (χ3v) is 7.06. The van der Waals surface area contributed by atoms with Crippen LogP contribution in [0, 0.1) is 0 Å². The molecule has 190 valence electrons. The van der Waals surface area contributed by atoms with E-state index in [0.717, 1.165) is 51.7 Å². The van der Waals surface area contributed by atoms with Gasteiger partial charge < -0.3 is 35.1 Å². The van der Waals surface area contributed by atoms with Gasteiger partial charge in [-0.25, -0.2) is 4.79 Å². The Bertz CT molecular complexity index is 855. The van der Waals surface area contributed by atoms with Crippen LogP contribution >= 0.6 is 11.6 Å². The molecule has 0 saturated carbocycles. The minimum atomic E-state index is -0.272. The molecule has 1 unspecified atom stereocenters. The Morgan fingerprint density at radius 2 is 2.00 bits per heavy atom. The largest absolute Gasteiger partial charge is 0.496 e. The standard InChI is InChI=1S/C24H37ClN4O5/c1-4-34-24(31)29-10-6-5-7-16(29)8-11-28-12-9-20(22(15-28)33-3)27-23(30)17-13-18(25)19(26)14-21(17)32-2/h13-14,16,20,22H,4-12,15,26H2,1-3H3,(H,27,30)/t16?,20-,22+/m0/s1. The van der Waals surface area contributed by atoms with Gasteiger partial charge in [-0.15, -0.1) is 0 Å². The van der Waals surface area contributed by atoms with Gasteiger partial charge in [0, 0.05) is 45.4 Å². The number of hydrogen-bond donors (Lipinski definition) is 2. The van der Waals surface area contributed by atoms with Crippen molar-refractivity contribution in [3.05, 3.63) is 22.7 Å². The molecule has 0 spiro atoms. The summed E-state index contributed by atoms with van der Waals surface area (Å²) in [6.07, 6.45) is 4.45. The van der Waals surface area contributed by atoms with Crippen molar-refractivity contribution in [2.75, 3.05) is 52.7 Å². The van der Waals surface area contributed by atoms with Gasteiger partial charge in [0.25, 0.3) is 5.91 Å². The zero-order valence-corrected chi connectivity index (χ0v) is 21.1. The molecule has 2 saturated heterocycles. The van der Waals surface area contributed by atoms with Crippen molar-refractivity contribution in [3.8, 4) is 5.75 Å². The number of hydrogen-bond acceptors (Lipinski definition) is 7. The van der Waals surface area contributed by atoms with Crippen LogP contribution in [0.4, 0.5) is 10.5 Å². The number of anilines is 1. The third-order valence-electron chi connectivity index (χ3n) is 6.73. The molecule has 3 N–H and O–H groups in total. The number of nitrogen functional groups attached to an aromatic ring is 1. The molecule has 0 radical (unpaired) electrons. The number of ether oxygens (including phenoxy) is 3. The molecule has 3 atom stereocenters. The number of methoxy groups -OCH3 is 2. The fourth-order valence-electron chi connectivity index (χ4n) is 4.83. The lowest BCUT2D eigenvalue weighted by Crippen LogP contribution is -2.55. The van der Waals surface area contributed by atoms with Crippen LogP contribution in [-0.2, 0) is 9.47 Å². The van der Waals surface area contributed by atoms with Crippen molar-refractivity contribution in [3.63, 3.8) is 0 Å².